The number of fused-ring (bicyclic) bond motifs is 2. The summed E-state index contributed by atoms with van der Waals surface area (Å²) in [5, 5.41) is 6.28. The van der Waals surface area contributed by atoms with Crippen molar-refractivity contribution in [2.45, 2.75) is 20.8 Å². The van der Waals surface area contributed by atoms with Crippen molar-refractivity contribution in [3.8, 4) is 16.9 Å². The van der Waals surface area contributed by atoms with Crippen LogP contribution in [-0.2, 0) is 4.79 Å². The first-order valence-corrected chi connectivity index (χ1v) is 10.5. The van der Waals surface area contributed by atoms with E-state index in [2.05, 4.69) is 55.6 Å². The number of amides is 1. The topological polar surface area (TPSA) is 51.5 Å². The standard InChI is InChI=1S/C27H27NO3/c1-17(2)15-28-27(29)12-18(3)22-13-23-24(16-31-26(23)14-25(22)30-4)21-11-7-9-19-8-5-6-10-20(19)21/h5-14,16-17H,15H2,1-4H3,(H,28,29)/b18-12+. The van der Waals surface area contributed by atoms with Crippen molar-refractivity contribution in [3.05, 3.63) is 72.5 Å². The fourth-order valence-electron chi connectivity index (χ4n) is 3.83. The SMILES string of the molecule is COc1cc2occ(-c3cccc4ccccc34)c2cc1/C(C)=C/C(=O)NCC(C)C. The zero-order chi connectivity index (χ0) is 22.0. The molecule has 1 N–H and O–H groups in total. The molecule has 0 aliphatic heterocycles. The second-order valence-electron chi connectivity index (χ2n) is 8.19. The smallest absolute Gasteiger partial charge is 0.244 e. The van der Waals surface area contributed by atoms with E-state index < -0.39 is 0 Å². The first-order valence-electron chi connectivity index (χ1n) is 10.5. The number of nitrogens with one attached hydrogen (secondary N) is 1. The predicted octanol–water partition coefficient (Wildman–Crippen LogP) is 6.44. The summed E-state index contributed by atoms with van der Waals surface area (Å²) in [5.74, 6) is 0.976. The van der Waals surface area contributed by atoms with E-state index in [9.17, 15) is 4.79 Å². The largest absolute Gasteiger partial charge is 0.496 e. The minimum Gasteiger partial charge on any atom is -0.496 e. The molecule has 1 amide bonds. The molecule has 1 heterocycles. The highest BCUT2D eigenvalue weighted by atomic mass is 16.5. The summed E-state index contributed by atoms with van der Waals surface area (Å²) < 4.78 is 11.5. The van der Waals surface area contributed by atoms with Gasteiger partial charge in [-0.3, -0.25) is 4.79 Å². The van der Waals surface area contributed by atoms with Crippen LogP contribution in [0.1, 0.15) is 26.3 Å². The number of allylic oxidation sites excluding steroid dienone is 1. The molecule has 0 saturated heterocycles. The molecule has 0 aliphatic rings. The average molecular weight is 414 g/mol. The van der Waals surface area contributed by atoms with Gasteiger partial charge >= 0.3 is 0 Å². The second kappa shape index (κ2) is 8.68. The van der Waals surface area contributed by atoms with Crippen molar-refractivity contribution < 1.29 is 13.9 Å². The quantitative estimate of drug-likeness (QED) is 0.370. The van der Waals surface area contributed by atoms with Gasteiger partial charge < -0.3 is 14.5 Å². The van der Waals surface area contributed by atoms with E-state index >= 15 is 0 Å². The molecule has 0 radical (unpaired) electrons. The van der Waals surface area contributed by atoms with Crippen LogP contribution in [0.15, 0.2) is 71.4 Å². The van der Waals surface area contributed by atoms with E-state index in [1.165, 1.54) is 10.8 Å². The number of methoxy groups -OCH3 is 1. The lowest BCUT2D eigenvalue weighted by molar-refractivity contribution is -0.116. The molecule has 3 aromatic carbocycles. The Bertz CT molecular complexity index is 1280. The van der Waals surface area contributed by atoms with Crippen LogP contribution < -0.4 is 10.1 Å². The van der Waals surface area contributed by atoms with Crippen molar-refractivity contribution in [2.24, 2.45) is 5.92 Å². The monoisotopic (exact) mass is 413 g/mol. The van der Waals surface area contributed by atoms with Gasteiger partial charge in [0.15, 0.2) is 0 Å². The van der Waals surface area contributed by atoms with E-state index in [4.69, 9.17) is 9.15 Å². The molecule has 0 saturated carbocycles. The number of furan rings is 1. The van der Waals surface area contributed by atoms with Crippen LogP contribution >= 0.6 is 0 Å². The van der Waals surface area contributed by atoms with Crippen LogP contribution in [0.5, 0.6) is 5.75 Å². The highest BCUT2D eigenvalue weighted by Crippen LogP contribution is 2.39. The van der Waals surface area contributed by atoms with E-state index in [1.807, 2.05) is 25.1 Å². The third-order valence-electron chi connectivity index (χ3n) is 5.43. The average Bonchev–Trinajstić information content (AvgIpc) is 3.19. The van der Waals surface area contributed by atoms with Gasteiger partial charge in [-0.2, -0.15) is 0 Å². The molecule has 0 fully saturated rings. The van der Waals surface area contributed by atoms with Gasteiger partial charge in [0.2, 0.25) is 5.91 Å². The number of carbonyl (C=O) groups excluding carboxylic acids is 1. The molecule has 0 spiro atoms. The number of carbonyl (C=O) groups is 1. The van der Waals surface area contributed by atoms with E-state index in [0.29, 0.717) is 18.2 Å². The number of ether oxygens (including phenoxy) is 1. The Labute approximate surface area is 182 Å². The summed E-state index contributed by atoms with van der Waals surface area (Å²) in [5.41, 5.74) is 4.60. The van der Waals surface area contributed by atoms with Crippen molar-refractivity contribution in [2.75, 3.05) is 13.7 Å². The highest BCUT2D eigenvalue weighted by molar-refractivity contribution is 6.06. The minimum atomic E-state index is -0.102. The molecule has 4 rings (SSSR count). The number of rotatable bonds is 6. The summed E-state index contributed by atoms with van der Waals surface area (Å²) in [6, 6.07) is 18.5. The molecule has 4 nitrogen and oxygen atoms in total. The molecule has 1 aromatic heterocycles. The lowest BCUT2D eigenvalue weighted by atomic mass is 9.96. The zero-order valence-corrected chi connectivity index (χ0v) is 18.4. The fourth-order valence-corrected chi connectivity index (χ4v) is 3.83. The van der Waals surface area contributed by atoms with Crippen LogP contribution in [0.3, 0.4) is 0 Å². The Morgan fingerprint density at radius 3 is 2.61 bits per heavy atom. The van der Waals surface area contributed by atoms with Crippen molar-refractivity contribution >= 4 is 33.2 Å². The lowest BCUT2D eigenvalue weighted by Gasteiger charge is -2.11. The lowest BCUT2D eigenvalue weighted by Crippen LogP contribution is -2.25. The summed E-state index contributed by atoms with van der Waals surface area (Å²) in [7, 11) is 1.63. The molecule has 158 valence electrons. The molecule has 4 heteroatoms. The van der Waals surface area contributed by atoms with Crippen LogP contribution in [0.2, 0.25) is 0 Å². The molecule has 0 atom stereocenters. The summed E-state index contributed by atoms with van der Waals surface area (Å²) in [4.78, 5) is 12.3. The maximum absolute atomic E-state index is 12.3. The van der Waals surface area contributed by atoms with E-state index in [-0.39, 0.29) is 5.91 Å². The first-order chi connectivity index (χ1) is 15.0. The summed E-state index contributed by atoms with van der Waals surface area (Å²) >= 11 is 0. The fraction of sp³-hybridized carbons (Fsp3) is 0.222. The third-order valence-corrected chi connectivity index (χ3v) is 5.43. The molecule has 0 unspecified atom stereocenters. The Morgan fingerprint density at radius 1 is 1.06 bits per heavy atom. The zero-order valence-electron chi connectivity index (χ0n) is 18.4. The van der Waals surface area contributed by atoms with Gasteiger partial charge in [-0.15, -0.1) is 0 Å². The molecular formula is C27H27NO3. The molecule has 31 heavy (non-hydrogen) atoms. The van der Waals surface area contributed by atoms with Crippen LogP contribution in [-0.4, -0.2) is 19.6 Å². The van der Waals surface area contributed by atoms with Gasteiger partial charge in [-0.1, -0.05) is 56.3 Å². The van der Waals surface area contributed by atoms with Gasteiger partial charge in [0.25, 0.3) is 0 Å². The van der Waals surface area contributed by atoms with E-state index in [0.717, 1.165) is 33.2 Å². The van der Waals surface area contributed by atoms with Crippen molar-refractivity contribution in [1.82, 2.24) is 5.32 Å². The van der Waals surface area contributed by atoms with Gasteiger partial charge in [-0.05, 0) is 40.8 Å². The van der Waals surface area contributed by atoms with E-state index in [1.54, 1.807) is 19.4 Å². The maximum Gasteiger partial charge on any atom is 0.244 e. The van der Waals surface area contributed by atoms with Crippen molar-refractivity contribution in [1.29, 1.82) is 0 Å². The number of hydrogen-bond donors (Lipinski definition) is 1. The van der Waals surface area contributed by atoms with Crippen LogP contribution in [0.25, 0.3) is 38.4 Å². The number of benzene rings is 3. The predicted molar refractivity (Wildman–Crippen MR) is 127 cm³/mol. The summed E-state index contributed by atoms with van der Waals surface area (Å²) in [6.07, 6.45) is 3.42. The van der Waals surface area contributed by atoms with Crippen molar-refractivity contribution in [3.63, 3.8) is 0 Å². The highest BCUT2D eigenvalue weighted by Gasteiger charge is 2.16. The third kappa shape index (κ3) is 4.19. The molecular weight excluding hydrogens is 386 g/mol. The van der Waals surface area contributed by atoms with Gasteiger partial charge in [0, 0.05) is 35.2 Å². The maximum atomic E-state index is 12.3. The normalized spacial score (nSPS) is 12.0. The Morgan fingerprint density at radius 2 is 1.84 bits per heavy atom. The summed E-state index contributed by atoms with van der Waals surface area (Å²) in [6.45, 7) is 6.71. The second-order valence-corrected chi connectivity index (χ2v) is 8.19. The Balaban J connectivity index is 1.82. The van der Waals surface area contributed by atoms with Crippen LogP contribution in [0, 0.1) is 5.92 Å². The molecule has 4 aromatic rings. The minimum absolute atomic E-state index is 0.102. The molecule has 0 aliphatic carbocycles. The van der Waals surface area contributed by atoms with Gasteiger partial charge in [0.05, 0.1) is 13.4 Å². The number of hydrogen-bond acceptors (Lipinski definition) is 3. The first kappa shape index (κ1) is 20.7. The Hall–Kier alpha value is -3.53. The molecule has 0 bridgehead atoms. The Kier molecular flexibility index (Phi) is 5.81. The van der Waals surface area contributed by atoms with Gasteiger partial charge in [-0.25, -0.2) is 0 Å². The van der Waals surface area contributed by atoms with Gasteiger partial charge in [0.1, 0.15) is 11.3 Å². The van der Waals surface area contributed by atoms with Crippen LogP contribution in [0.4, 0.5) is 0 Å².